The summed E-state index contributed by atoms with van der Waals surface area (Å²) in [5, 5.41) is 2.62. The number of nitrogens with zero attached hydrogens (tertiary/aromatic N) is 1. The number of benzene rings is 1. The van der Waals surface area contributed by atoms with Crippen molar-refractivity contribution in [2.24, 2.45) is 5.41 Å². The number of pyridine rings is 1. The van der Waals surface area contributed by atoms with Crippen molar-refractivity contribution in [3.63, 3.8) is 0 Å². The number of Topliss-reactive ketones (excluding diaryl/α,β-unsaturated/α-hetero) is 1. The van der Waals surface area contributed by atoms with Gasteiger partial charge in [0.25, 0.3) is 11.5 Å². The summed E-state index contributed by atoms with van der Waals surface area (Å²) in [7, 11) is 1.25. The van der Waals surface area contributed by atoms with Crippen LogP contribution in [0.2, 0.25) is 0 Å². The van der Waals surface area contributed by atoms with E-state index < -0.39 is 29.4 Å². The van der Waals surface area contributed by atoms with Crippen molar-refractivity contribution in [3.8, 4) is 5.69 Å². The van der Waals surface area contributed by atoms with Crippen LogP contribution in [0.3, 0.4) is 0 Å². The average Bonchev–Trinajstić information content (AvgIpc) is 2.81. The Balaban J connectivity index is 2.08. The highest BCUT2D eigenvalue weighted by Crippen LogP contribution is 2.35. The summed E-state index contributed by atoms with van der Waals surface area (Å²) in [5.74, 6) is -1.96. The van der Waals surface area contributed by atoms with Gasteiger partial charge in [-0.3, -0.25) is 19.0 Å². The van der Waals surface area contributed by atoms with E-state index in [1.54, 1.807) is 26.0 Å². The van der Waals surface area contributed by atoms with Crippen LogP contribution < -0.4 is 10.9 Å². The van der Waals surface area contributed by atoms with E-state index in [1.807, 2.05) is 13.8 Å². The number of rotatable bonds is 7. The molecule has 0 aliphatic heterocycles. The lowest BCUT2D eigenvalue weighted by molar-refractivity contribution is -0.142. The molecule has 1 aliphatic rings. The highest BCUT2D eigenvalue weighted by atomic mass is 16.5. The monoisotopic (exact) mass is 482 g/mol. The van der Waals surface area contributed by atoms with Gasteiger partial charge < -0.3 is 14.8 Å². The molecule has 0 spiro atoms. The molecule has 1 unspecified atom stereocenters. The van der Waals surface area contributed by atoms with E-state index >= 15 is 0 Å². The Labute approximate surface area is 203 Å². The molecule has 0 saturated carbocycles. The summed E-state index contributed by atoms with van der Waals surface area (Å²) in [6.07, 6.45) is 1.10. The molecular formula is C26H30N2O7. The molecule has 0 radical (unpaired) electrons. The molecule has 1 aliphatic carbocycles. The number of fused-ring (bicyclic) bond motifs is 1. The van der Waals surface area contributed by atoms with Crippen molar-refractivity contribution in [3.05, 3.63) is 63.1 Å². The number of nitrogens with one attached hydrogen (secondary N) is 1. The molecule has 1 atom stereocenters. The smallest absolute Gasteiger partial charge is 0.343 e. The molecule has 9 nitrogen and oxygen atoms in total. The topological polar surface area (TPSA) is 121 Å². The maximum atomic E-state index is 13.4. The molecule has 0 saturated heterocycles. The Morgan fingerprint density at radius 1 is 1.09 bits per heavy atom. The number of methoxy groups -OCH3 is 1. The van der Waals surface area contributed by atoms with E-state index in [-0.39, 0.29) is 28.9 Å². The highest BCUT2D eigenvalue weighted by Gasteiger charge is 2.35. The van der Waals surface area contributed by atoms with Crippen molar-refractivity contribution >= 4 is 23.6 Å². The Hall–Kier alpha value is -3.75. The van der Waals surface area contributed by atoms with Gasteiger partial charge in [-0.2, -0.15) is 0 Å². The third kappa shape index (κ3) is 5.34. The number of hydrogen-bond acceptors (Lipinski definition) is 7. The van der Waals surface area contributed by atoms with Gasteiger partial charge in [-0.05, 0) is 55.5 Å². The van der Waals surface area contributed by atoms with E-state index in [4.69, 9.17) is 9.47 Å². The van der Waals surface area contributed by atoms with E-state index in [0.717, 1.165) is 0 Å². The number of ketones is 1. The minimum atomic E-state index is -0.795. The average molecular weight is 483 g/mol. The molecule has 9 heteroatoms. The molecule has 3 rings (SSSR count). The lowest BCUT2D eigenvalue weighted by Gasteiger charge is -2.32. The third-order valence-electron chi connectivity index (χ3n) is 5.97. The number of esters is 2. The van der Waals surface area contributed by atoms with E-state index in [1.165, 1.54) is 29.9 Å². The SMILES string of the molecule is CCOC(=O)c1cc2c(n(-c3ccc(C(=O)NC(CC)C(=O)OC)cc3)c1=O)CC(C)(C)CC2=O. The first-order valence-electron chi connectivity index (χ1n) is 11.5. The minimum Gasteiger partial charge on any atom is -0.467 e. The number of carbonyl (C=O) groups excluding carboxylic acids is 4. The van der Waals surface area contributed by atoms with E-state index in [2.05, 4.69) is 5.32 Å². The van der Waals surface area contributed by atoms with Crippen LogP contribution in [-0.2, 0) is 20.7 Å². The molecule has 186 valence electrons. The molecule has 1 aromatic heterocycles. The predicted octanol–water partition coefficient (Wildman–Crippen LogP) is 2.85. The van der Waals surface area contributed by atoms with Crippen LogP contribution in [0.1, 0.15) is 77.3 Å². The molecule has 35 heavy (non-hydrogen) atoms. The lowest BCUT2D eigenvalue weighted by Crippen LogP contribution is -2.41. The zero-order valence-electron chi connectivity index (χ0n) is 20.6. The normalized spacial score (nSPS) is 15.1. The Bertz CT molecular complexity index is 1230. The van der Waals surface area contributed by atoms with Crippen LogP contribution in [0.5, 0.6) is 0 Å². The van der Waals surface area contributed by atoms with Crippen molar-refractivity contribution in [1.82, 2.24) is 9.88 Å². The fraction of sp³-hybridized carbons (Fsp3) is 0.423. The third-order valence-corrected chi connectivity index (χ3v) is 5.97. The Morgan fingerprint density at radius 3 is 2.31 bits per heavy atom. The zero-order chi connectivity index (χ0) is 25.9. The van der Waals surface area contributed by atoms with E-state index in [0.29, 0.717) is 36.2 Å². The Kier molecular flexibility index (Phi) is 7.57. The van der Waals surface area contributed by atoms with Gasteiger partial charge in [0, 0.05) is 28.9 Å². The van der Waals surface area contributed by atoms with Crippen LogP contribution in [0.4, 0.5) is 0 Å². The predicted molar refractivity (Wildman–Crippen MR) is 128 cm³/mol. The lowest BCUT2D eigenvalue weighted by atomic mass is 9.75. The first kappa shape index (κ1) is 25.9. The molecule has 1 aromatic carbocycles. The van der Waals surface area contributed by atoms with Crippen molar-refractivity contribution in [1.29, 1.82) is 0 Å². The molecular weight excluding hydrogens is 452 g/mol. The fourth-order valence-electron chi connectivity index (χ4n) is 4.22. The second-order valence-electron chi connectivity index (χ2n) is 9.22. The molecule has 1 heterocycles. The number of aromatic nitrogens is 1. The first-order valence-corrected chi connectivity index (χ1v) is 11.5. The summed E-state index contributed by atoms with van der Waals surface area (Å²) >= 11 is 0. The van der Waals surface area contributed by atoms with Gasteiger partial charge in [0.05, 0.1) is 13.7 Å². The summed E-state index contributed by atoms with van der Waals surface area (Å²) in [4.78, 5) is 63.2. The van der Waals surface area contributed by atoms with Crippen LogP contribution in [0.25, 0.3) is 5.69 Å². The van der Waals surface area contributed by atoms with Crippen LogP contribution >= 0.6 is 0 Å². The first-order chi connectivity index (χ1) is 16.5. The van der Waals surface area contributed by atoms with Gasteiger partial charge in [0.15, 0.2) is 5.78 Å². The van der Waals surface area contributed by atoms with Crippen LogP contribution in [-0.4, -0.2) is 48.0 Å². The van der Waals surface area contributed by atoms with Crippen LogP contribution in [0, 0.1) is 5.41 Å². The number of ether oxygens (including phenoxy) is 2. The van der Waals surface area contributed by atoms with Gasteiger partial charge in [-0.15, -0.1) is 0 Å². The largest absolute Gasteiger partial charge is 0.467 e. The number of amides is 1. The standard InChI is InChI=1S/C26H30N2O7/c1-6-19(25(33)34-5)27-22(30)15-8-10-16(11-9-15)28-20-13-26(3,4)14-21(29)17(20)12-18(23(28)31)24(32)35-7-2/h8-12,19H,6-7,13-14H2,1-5H3,(H,27,30). The summed E-state index contributed by atoms with van der Waals surface area (Å²) in [5.41, 5.74) is 0.324. The van der Waals surface area contributed by atoms with Crippen molar-refractivity contribution in [2.45, 2.75) is 53.0 Å². The van der Waals surface area contributed by atoms with E-state index in [9.17, 15) is 24.0 Å². The minimum absolute atomic E-state index is 0.0878. The molecule has 1 amide bonds. The summed E-state index contributed by atoms with van der Waals surface area (Å²) < 4.78 is 11.1. The van der Waals surface area contributed by atoms with Gasteiger partial charge in [0.2, 0.25) is 0 Å². The second-order valence-corrected chi connectivity index (χ2v) is 9.22. The summed E-state index contributed by atoms with van der Waals surface area (Å²) in [6.45, 7) is 7.36. The quantitative estimate of drug-likeness (QED) is 0.603. The van der Waals surface area contributed by atoms with Gasteiger partial charge in [-0.25, -0.2) is 9.59 Å². The fourth-order valence-corrected chi connectivity index (χ4v) is 4.22. The molecule has 0 fully saturated rings. The summed E-state index contributed by atoms with van der Waals surface area (Å²) in [6, 6.07) is 6.72. The molecule has 0 bridgehead atoms. The van der Waals surface area contributed by atoms with Crippen molar-refractivity contribution < 1.29 is 28.7 Å². The van der Waals surface area contributed by atoms with Gasteiger partial charge in [-0.1, -0.05) is 20.8 Å². The second kappa shape index (κ2) is 10.2. The maximum Gasteiger partial charge on any atom is 0.343 e. The maximum absolute atomic E-state index is 13.4. The molecule has 2 aromatic rings. The zero-order valence-corrected chi connectivity index (χ0v) is 20.6. The van der Waals surface area contributed by atoms with Crippen molar-refractivity contribution in [2.75, 3.05) is 13.7 Å². The number of carbonyl (C=O) groups is 4. The number of hydrogen-bond donors (Lipinski definition) is 1. The highest BCUT2D eigenvalue weighted by molar-refractivity contribution is 6.01. The Morgan fingerprint density at radius 2 is 1.74 bits per heavy atom. The molecule has 1 N–H and O–H groups in total. The van der Waals surface area contributed by atoms with Gasteiger partial charge >= 0.3 is 11.9 Å². The van der Waals surface area contributed by atoms with Gasteiger partial charge in [0.1, 0.15) is 11.6 Å². The van der Waals surface area contributed by atoms with Crippen LogP contribution in [0.15, 0.2) is 35.1 Å².